The lowest BCUT2D eigenvalue weighted by Gasteiger charge is -2.35. The number of aliphatic hydroxyl groups excluding tert-OH is 2. The zero-order valence-corrected chi connectivity index (χ0v) is 62.6. The van der Waals surface area contributed by atoms with Gasteiger partial charge in [-0.05, 0) is 237 Å². The van der Waals surface area contributed by atoms with Crippen molar-refractivity contribution in [3.63, 3.8) is 0 Å². The molecule has 4 aromatic carbocycles. The molecular weight excluding hydrogens is 1270 g/mol. The molecule has 1 aromatic heterocycles. The van der Waals surface area contributed by atoms with Crippen LogP contribution in [0, 0.1) is 41.4 Å². The molecular formula is C89H126N2O11. The number of allylic oxidation sites excluding steroid dienone is 7. The van der Waals surface area contributed by atoms with Crippen molar-refractivity contribution >= 4 is 17.9 Å². The number of Topliss-reactive ketones (excluding diaryl/α,β-unsaturated/α-hetero) is 2. The molecule has 102 heavy (non-hydrogen) atoms. The quantitative estimate of drug-likeness (QED) is 0.0235. The summed E-state index contributed by atoms with van der Waals surface area (Å²) in [5.41, 5.74) is 11.5. The van der Waals surface area contributed by atoms with Gasteiger partial charge in [0.05, 0.1) is 58.7 Å². The monoisotopic (exact) mass is 1400 g/mol. The molecule has 1 aliphatic heterocycles. The molecule has 1 saturated heterocycles. The van der Waals surface area contributed by atoms with Gasteiger partial charge in [0.2, 0.25) is 0 Å². The highest BCUT2D eigenvalue weighted by molar-refractivity contribution is 5.93. The Morgan fingerprint density at radius 3 is 1.41 bits per heavy atom. The lowest BCUT2D eigenvalue weighted by molar-refractivity contribution is -0.183. The van der Waals surface area contributed by atoms with Crippen molar-refractivity contribution < 1.29 is 53.0 Å². The molecule has 6 aliphatic carbocycles. The second-order valence-electron chi connectivity index (χ2n) is 29.3. The summed E-state index contributed by atoms with van der Waals surface area (Å²) in [7, 11) is 0. The first-order valence-corrected chi connectivity index (χ1v) is 39.1. The molecule has 558 valence electrons. The first-order valence-electron chi connectivity index (χ1n) is 39.1. The van der Waals surface area contributed by atoms with E-state index >= 15 is 0 Å². The summed E-state index contributed by atoms with van der Waals surface area (Å²) in [5.74, 6) is 4.01. The number of hydrogen-bond acceptors (Lipinski definition) is 12. The summed E-state index contributed by atoms with van der Waals surface area (Å²) < 4.78 is 34.5. The van der Waals surface area contributed by atoms with Crippen LogP contribution in [0.1, 0.15) is 223 Å². The van der Waals surface area contributed by atoms with Crippen LogP contribution < -0.4 is 0 Å². The number of hydrogen-bond donors (Lipinski definition) is 3. The Morgan fingerprint density at radius 2 is 0.961 bits per heavy atom. The average molecular weight is 1400 g/mol. The van der Waals surface area contributed by atoms with E-state index in [2.05, 4.69) is 121 Å². The van der Waals surface area contributed by atoms with Crippen molar-refractivity contribution in [1.29, 1.82) is 0 Å². The fourth-order valence-corrected chi connectivity index (χ4v) is 15.1. The summed E-state index contributed by atoms with van der Waals surface area (Å²) in [4.78, 5) is 40.2. The Hall–Kier alpha value is -6.26. The number of aldehydes is 1. The normalized spacial score (nSPS) is 22.2. The van der Waals surface area contributed by atoms with Gasteiger partial charge in [0.1, 0.15) is 12.1 Å². The van der Waals surface area contributed by atoms with E-state index in [-0.39, 0.29) is 29.9 Å². The third-order valence-corrected chi connectivity index (χ3v) is 21.5. The molecule has 0 amide bonds. The number of carbonyl (C=O) groups is 3. The Kier molecular flexibility index (Phi) is 40.3. The van der Waals surface area contributed by atoms with Crippen molar-refractivity contribution in [3.05, 3.63) is 208 Å². The topological polar surface area (TPSA) is 176 Å². The molecule has 0 bridgehead atoms. The zero-order chi connectivity index (χ0) is 72.1. The number of rotatable bonds is 29. The van der Waals surface area contributed by atoms with Gasteiger partial charge in [-0.3, -0.25) is 9.59 Å². The molecule has 13 nitrogen and oxygen atoms in total. The minimum atomic E-state index is -0.436. The predicted molar refractivity (Wildman–Crippen MR) is 410 cm³/mol. The smallest absolute Gasteiger partial charge is 0.168 e. The molecule has 7 unspecified atom stereocenters. The molecule has 2 saturated carbocycles. The summed E-state index contributed by atoms with van der Waals surface area (Å²) in [6.07, 6.45) is 42.9. The number of benzene rings is 4. The van der Waals surface area contributed by atoms with Gasteiger partial charge in [-0.1, -0.05) is 171 Å². The number of ketones is 2. The van der Waals surface area contributed by atoms with Gasteiger partial charge in [-0.25, -0.2) is 4.98 Å². The number of aromatic amines is 1. The van der Waals surface area contributed by atoms with Crippen LogP contribution in [0.2, 0.25) is 0 Å². The lowest BCUT2D eigenvalue weighted by atomic mass is 9.76. The largest absolute Gasteiger partial charge is 0.392 e. The fraction of sp³-hybridized carbons (Fsp3) is 0.573. The number of nitrogens with zero attached hydrogens (tertiary/aromatic N) is 1. The molecule has 7 atom stereocenters. The number of nitrogens with one attached hydrogen (secondary N) is 1. The van der Waals surface area contributed by atoms with Crippen molar-refractivity contribution in [2.45, 2.75) is 239 Å². The number of carbonyl (C=O) groups excluding carboxylic acids is 3. The number of aromatic nitrogens is 2. The van der Waals surface area contributed by atoms with Gasteiger partial charge >= 0.3 is 0 Å². The van der Waals surface area contributed by atoms with E-state index in [0.29, 0.717) is 36.9 Å². The van der Waals surface area contributed by atoms with Gasteiger partial charge in [-0.2, -0.15) is 0 Å². The summed E-state index contributed by atoms with van der Waals surface area (Å²) in [5, 5.41) is 18.9. The van der Waals surface area contributed by atoms with Crippen LogP contribution in [0.5, 0.6) is 0 Å². The van der Waals surface area contributed by atoms with E-state index in [1.165, 1.54) is 104 Å². The first kappa shape index (κ1) is 83.0. The number of ether oxygens (including phenoxy) is 6. The second kappa shape index (κ2) is 49.5. The third kappa shape index (κ3) is 33.2. The Balaban J connectivity index is 0.000000173. The fourth-order valence-electron chi connectivity index (χ4n) is 15.1. The maximum Gasteiger partial charge on any atom is 0.168 e. The van der Waals surface area contributed by atoms with Crippen LogP contribution in [0.3, 0.4) is 0 Å². The molecule has 0 radical (unpaired) electrons. The Bertz CT molecular complexity index is 3150. The minimum Gasteiger partial charge on any atom is -0.392 e. The zero-order valence-electron chi connectivity index (χ0n) is 62.6. The van der Waals surface area contributed by atoms with Crippen LogP contribution in [0.4, 0.5) is 0 Å². The highest BCUT2D eigenvalue weighted by atomic mass is 16.7. The second-order valence-corrected chi connectivity index (χ2v) is 29.3. The van der Waals surface area contributed by atoms with Crippen LogP contribution in [0.15, 0.2) is 180 Å². The Morgan fingerprint density at radius 1 is 0.529 bits per heavy atom. The van der Waals surface area contributed by atoms with E-state index < -0.39 is 6.10 Å². The molecule has 2 heterocycles. The van der Waals surface area contributed by atoms with Crippen molar-refractivity contribution in [3.8, 4) is 0 Å². The molecule has 1 spiro atoms. The highest BCUT2D eigenvalue weighted by Crippen LogP contribution is 2.40. The standard InChI is InChI=1S/2C17H24O3.C17H22O2.C17H24O.C11H16N2O.C10H16O/c1-2-4-16(5-3-1)14-18-11-8-15-6-9-17(10-7-15)19-12-13-20-17;1-13(18)16-11-14(7-8-17(16)19)9-10-20-12-15-5-3-2-4-6-15;1-14(18)17-9-5-8-15(12-17)10-11-19-13-16-6-3-2-4-7-16;1-2-15-9-6-10-16(13-15)11-12-18-14-17-7-4-3-5-8-17;14-7-10-3-1-2-9(4-10)5-11-6-12-8-13-11;1-2-9-4-3-5-10(8-9)6-7-11/h1-5,15H,6-14H2;2-6,14,16-17,19H,7-12H2,1H3;2-4,6-7,9,15H,5,8,10-13H2,1H3;3-5,7-9,16H,2,6,10-14H2,1H3;3,6,8-9,14H,1-2,4-5,7H2,(H,12,13);4,7,10H,2-3,5-6,8H2,1H3. The third-order valence-electron chi connectivity index (χ3n) is 21.5. The van der Waals surface area contributed by atoms with Gasteiger partial charge in [0.15, 0.2) is 11.6 Å². The van der Waals surface area contributed by atoms with Crippen molar-refractivity contribution in [2.24, 2.45) is 41.4 Å². The molecule has 3 N–H and O–H groups in total. The van der Waals surface area contributed by atoms with Crippen LogP contribution in [0.25, 0.3) is 0 Å². The van der Waals surface area contributed by atoms with E-state index in [4.69, 9.17) is 33.5 Å². The SMILES string of the molecule is CC(=O)C1=CCCC(CCOCc2ccccc2)C1.CC(=O)C1CC(CCOCc2ccccc2)CCC1O.CCC1=CCCC(CC=O)C1.CCC1=CCCC(CCOCc2ccccc2)C1.OCC1=CCCC(Cc2cnc[nH]2)C1.c1ccc(COCCC2CCC3(CC2)OCCO3)cc1. The van der Waals surface area contributed by atoms with Crippen LogP contribution >= 0.6 is 0 Å². The van der Waals surface area contributed by atoms with Crippen molar-refractivity contribution in [1.82, 2.24) is 9.97 Å². The Labute approximate surface area is 613 Å². The molecule has 13 heteroatoms. The summed E-state index contributed by atoms with van der Waals surface area (Å²) in [6, 6.07) is 41.2. The van der Waals surface area contributed by atoms with Gasteiger partial charge in [0, 0.05) is 63.5 Å². The number of imidazole rings is 1. The van der Waals surface area contributed by atoms with E-state index in [1.54, 1.807) is 31.3 Å². The van der Waals surface area contributed by atoms with Crippen LogP contribution in [-0.2, 0) is 75.7 Å². The van der Waals surface area contributed by atoms with Gasteiger partial charge in [-0.15, -0.1) is 0 Å². The van der Waals surface area contributed by atoms with E-state index in [1.807, 2.05) is 54.7 Å². The van der Waals surface area contributed by atoms with Gasteiger partial charge in [0.25, 0.3) is 0 Å². The summed E-state index contributed by atoms with van der Waals surface area (Å²) >= 11 is 0. The van der Waals surface area contributed by atoms with E-state index in [9.17, 15) is 19.5 Å². The van der Waals surface area contributed by atoms with Crippen molar-refractivity contribution in [2.75, 3.05) is 46.2 Å². The van der Waals surface area contributed by atoms with E-state index in [0.717, 1.165) is 179 Å². The van der Waals surface area contributed by atoms with Crippen LogP contribution in [-0.4, -0.2) is 96.2 Å². The molecule has 12 rings (SSSR count). The number of H-pyrrole nitrogens is 1. The molecule has 3 fully saturated rings. The summed E-state index contributed by atoms with van der Waals surface area (Å²) in [6.45, 7) is 15.5. The molecule has 5 aromatic rings. The number of aliphatic hydroxyl groups is 2. The minimum absolute atomic E-state index is 0.118. The van der Waals surface area contributed by atoms with Gasteiger partial charge < -0.3 is 48.4 Å². The average Bonchev–Trinajstić information content (AvgIpc) is 1.66. The lowest BCUT2D eigenvalue weighted by Crippen LogP contribution is -2.35. The first-order chi connectivity index (χ1) is 49.9. The molecule has 7 aliphatic rings. The maximum absolute atomic E-state index is 11.5. The maximum atomic E-state index is 11.5. The highest BCUT2D eigenvalue weighted by Gasteiger charge is 2.40. The predicted octanol–water partition coefficient (Wildman–Crippen LogP) is 19.5.